The van der Waals surface area contributed by atoms with Crippen LogP contribution in [0.4, 0.5) is 0 Å². The number of hydrogen-bond donors (Lipinski definition) is 0. The summed E-state index contributed by atoms with van der Waals surface area (Å²) in [6.45, 7) is 13.5. The second kappa shape index (κ2) is 3.76. The van der Waals surface area contributed by atoms with Gasteiger partial charge in [0, 0.05) is 0 Å². The standard InChI is InChI=1S/C14H22/c1-7-12-11(3)8-10(2)9-13(12)14(4,5)6/h8-9H,7H2,1-6H3. The van der Waals surface area contributed by atoms with Gasteiger partial charge in [0.2, 0.25) is 0 Å². The van der Waals surface area contributed by atoms with E-state index in [1.165, 1.54) is 22.3 Å². The minimum atomic E-state index is 0.266. The molecular weight excluding hydrogens is 168 g/mol. The zero-order valence-electron chi connectivity index (χ0n) is 10.4. The van der Waals surface area contributed by atoms with E-state index in [-0.39, 0.29) is 5.41 Å². The van der Waals surface area contributed by atoms with Gasteiger partial charge in [-0.1, -0.05) is 45.4 Å². The Morgan fingerprint density at radius 2 is 1.64 bits per heavy atom. The Hall–Kier alpha value is -0.780. The van der Waals surface area contributed by atoms with Gasteiger partial charge in [-0.15, -0.1) is 0 Å². The van der Waals surface area contributed by atoms with Crippen molar-refractivity contribution in [2.45, 2.75) is 53.4 Å². The first kappa shape index (κ1) is 11.3. The van der Waals surface area contributed by atoms with Crippen LogP contribution in [0.1, 0.15) is 49.9 Å². The third-order valence-corrected chi connectivity index (χ3v) is 2.78. The Labute approximate surface area is 88.4 Å². The second-order valence-electron chi connectivity index (χ2n) is 5.21. The summed E-state index contributed by atoms with van der Waals surface area (Å²) in [5.41, 5.74) is 6.13. The molecule has 0 fully saturated rings. The third kappa shape index (κ3) is 2.17. The SMILES string of the molecule is CCc1c(C)cc(C)cc1C(C)(C)C. The lowest BCUT2D eigenvalue weighted by molar-refractivity contribution is 0.582. The van der Waals surface area contributed by atoms with Crippen molar-refractivity contribution in [2.75, 3.05) is 0 Å². The molecular formula is C14H22. The molecule has 78 valence electrons. The van der Waals surface area contributed by atoms with Crippen molar-refractivity contribution in [1.29, 1.82) is 0 Å². The molecule has 0 N–H and O–H groups in total. The van der Waals surface area contributed by atoms with Crippen LogP contribution in [-0.4, -0.2) is 0 Å². The van der Waals surface area contributed by atoms with E-state index in [9.17, 15) is 0 Å². The quantitative estimate of drug-likeness (QED) is 0.623. The Kier molecular flexibility index (Phi) is 3.04. The molecule has 14 heavy (non-hydrogen) atoms. The average Bonchev–Trinajstić information content (AvgIpc) is 2.01. The van der Waals surface area contributed by atoms with Crippen molar-refractivity contribution in [1.82, 2.24) is 0 Å². The highest BCUT2D eigenvalue weighted by Crippen LogP contribution is 2.29. The molecule has 0 aliphatic heterocycles. The lowest BCUT2D eigenvalue weighted by Gasteiger charge is -2.24. The van der Waals surface area contributed by atoms with Crippen molar-refractivity contribution in [2.24, 2.45) is 0 Å². The molecule has 0 aliphatic carbocycles. The molecule has 1 aromatic rings. The first-order chi connectivity index (χ1) is 6.36. The Morgan fingerprint density at radius 1 is 1.07 bits per heavy atom. The van der Waals surface area contributed by atoms with Crippen molar-refractivity contribution < 1.29 is 0 Å². The minimum absolute atomic E-state index is 0.266. The van der Waals surface area contributed by atoms with Crippen LogP contribution in [0.3, 0.4) is 0 Å². The summed E-state index contributed by atoms with van der Waals surface area (Å²) in [4.78, 5) is 0. The van der Waals surface area contributed by atoms with Gasteiger partial charge >= 0.3 is 0 Å². The predicted octanol–water partition coefficient (Wildman–Crippen LogP) is 4.16. The van der Waals surface area contributed by atoms with Crippen LogP contribution in [-0.2, 0) is 11.8 Å². The molecule has 0 unspecified atom stereocenters. The van der Waals surface area contributed by atoms with Crippen LogP contribution in [0.2, 0.25) is 0 Å². The highest BCUT2D eigenvalue weighted by atomic mass is 14.2. The van der Waals surface area contributed by atoms with E-state index in [1.807, 2.05) is 0 Å². The van der Waals surface area contributed by atoms with Crippen LogP contribution in [0.5, 0.6) is 0 Å². The molecule has 0 saturated heterocycles. The van der Waals surface area contributed by atoms with E-state index < -0.39 is 0 Å². The summed E-state index contributed by atoms with van der Waals surface area (Å²) < 4.78 is 0. The predicted molar refractivity (Wildman–Crippen MR) is 64.0 cm³/mol. The van der Waals surface area contributed by atoms with E-state index in [0.717, 1.165) is 6.42 Å². The highest BCUT2D eigenvalue weighted by Gasteiger charge is 2.18. The maximum atomic E-state index is 2.34. The second-order valence-corrected chi connectivity index (χ2v) is 5.21. The summed E-state index contributed by atoms with van der Waals surface area (Å²) in [7, 11) is 0. The number of rotatable bonds is 1. The maximum absolute atomic E-state index is 2.34. The van der Waals surface area contributed by atoms with Crippen molar-refractivity contribution in [3.05, 3.63) is 34.4 Å². The first-order valence-electron chi connectivity index (χ1n) is 5.47. The molecule has 0 bridgehead atoms. The number of benzene rings is 1. The maximum Gasteiger partial charge on any atom is -0.0129 e. The smallest absolute Gasteiger partial charge is 0.0129 e. The Morgan fingerprint density at radius 3 is 2.07 bits per heavy atom. The summed E-state index contributed by atoms with van der Waals surface area (Å²) in [6, 6.07) is 4.62. The normalized spacial score (nSPS) is 11.9. The highest BCUT2D eigenvalue weighted by molar-refractivity contribution is 5.41. The molecule has 0 aliphatic rings. The molecule has 0 radical (unpaired) electrons. The van der Waals surface area contributed by atoms with E-state index in [0.29, 0.717) is 0 Å². The molecule has 0 atom stereocenters. The van der Waals surface area contributed by atoms with Gasteiger partial charge in [-0.3, -0.25) is 0 Å². The van der Waals surface area contributed by atoms with Crippen LogP contribution in [0, 0.1) is 13.8 Å². The molecule has 1 rings (SSSR count). The molecule has 0 nitrogen and oxygen atoms in total. The third-order valence-electron chi connectivity index (χ3n) is 2.78. The molecule has 1 aromatic carbocycles. The molecule has 0 amide bonds. The van der Waals surface area contributed by atoms with Gasteiger partial charge in [-0.05, 0) is 42.4 Å². The Bertz CT molecular complexity index is 327. The van der Waals surface area contributed by atoms with Gasteiger partial charge in [0.05, 0.1) is 0 Å². The summed E-state index contributed by atoms with van der Waals surface area (Å²) in [5, 5.41) is 0. The van der Waals surface area contributed by atoms with Gasteiger partial charge < -0.3 is 0 Å². The van der Waals surface area contributed by atoms with Crippen molar-refractivity contribution in [3.63, 3.8) is 0 Å². The van der Waals surface area contributed by atoms with Gasteiger partial charge in [0.1, 0.15) is 0 Å². The van der Waals surface area contributed by atoms with Gasteiger partial charge in [0.15, 0.2) is 0 Å². The molecule has 0 saturated carbocycles. The fraction of sp³-hybridized carbons (Fsp3) is 0.571. The van der Waals surface area contributed by atoms with Crippen molar-refractivity contribution in [3.8, 4) is 0 Å². The van der Waals surface area contributed by atoms with Crippen LogP contribution in [0.25, 0.3) is 0 Å². The zero-order chi connectivity index (χ0) is 10.9. The summed E-state index contributed by atoms with van der Waals surface area (Å²) in [5.74, 6) is 0. The van der Waals surface area contributed by atoms with Gasteiger partial charge in [-0.2, -0.15) is 0 Å². The van der Waals surface area contributed by atoms with E-state index in [1.54, 1.807) is 0 Å². The Balaban J connectivity index is 3.40. The lowest BCUT2D eigenvalue weighted by atomic mass is 9.80. The topological polar surface area (TPSA) is 0 Å². The fourth-order valence-electron chi connectivity index (χ4n) is 2.14. The average molecular weight is 190 g/mol. The van der Waals surface area contributed by atoms with E-state index in [4.69, 9.17) is 0 Å². The van der Waals surface area contributed by atoms with Gasteiger partial charge in [0.25, 0.3) is 0 Å². The molecule has 0 aromatic heterocycles. The molecule has 0 spiro atoms. The lowest BCUT2D eigenvalue weighted by Crippen LogP contribution is -2.15. The van der Waals surface area contributed by atoms with E-state index in [2.05, 4.69) is 53.7 Å². The number of aryl methyl sites for hydroxylation is 2. The monoisotopic (exact) mass is 190 g/mol. The minimum Gasteiger partial charge on any atom is -0.0613 e. The zero-order valence-corrected chi connectivity index (χ0v) is 10.4. The fourth-order valence-corrected chi connectivity index (χ4v) is 2.14. The number of hydrogen-bond acceptors (Lipinski definition) is 0. The van der Waals surface area contributed by atoms with Gasteiger partial charge in [-0.25, -0.2) is 0 Å². The molecule has 0 heteroatoms. The largest absolute Gasteiger partial charge is 0.0613 e. The summed E-state index contributed by atoms with van der Waals surface area (Å²) in [6.07, 6.45) is 1.14. The van der Waals surface area contributed by atoms with Crippen LogP contribution >= 0.6 is 0 Å². The first-order valence-corrected chi connectivity index (χ1v) is 5.47. The van der Waals surface area contributed by atoms with Crippen LogP contribution < -0.4 is 0 Å². The molecule has 0 heterocycles. The summed E-state index contributed by atoms with van der Waals surface area (Å²) >= 11 is 0. The van der Waals surface area contributed by atoms with Crippen LogP contribution in [0.15, 0.2) is 12.1 Å². The van der Waals surface area contributed by atoms with Crippen molar-refractivity contribution >= 4 is 0 Å². The van der Waals surface area contributed by atoms with E-state index >= 15 is 0 Å².